The molecule has 3 aromatic rings. The lowest BCUT2D eigenvalue weighted by Gasteiger charge is -2.05. The number of benzene rings is 1. The van der Waals surface area contributed by atoms with E-state index in [4.69, 9.17) is 16.0 Å². The molecule has 0 unspecified atom stereocenters. The average molecular weight is 412 g/mol. The van der Waals surface area contributed by atoms with Gasteiger partial charge in [-0.25, -0.2) is 4.79 Å². The first-order valence-corrected chi connectivity index (χ1v) is 7.92. The zero-order valence-electron chi connectivity index (χ0n) is 13.7. The van der Waals surface area contributed by atoms with Crippen LogP contribution in [0, 0.1) is 10.1 Å². The molecule has 0 spiro atoms. The molecule has 2 heterocycles. The van der Waals surface area contributed by atoms with E-state index in [2.05, 4.69) is 4.98 Å². The van der Waals surface area contributed by atoms with Crippen LogP contribution in [0.3, 0.4) is 0 Å². The molecule has 0 bridgehead atoms. The second-order valence-corrected chi connectivity index (χ2v) is 5.89. The van der Waals surface area contributed by atoms with Gasteiger partial charge in [-0.05, 0) is 36.4 Å². The van der Waals surface area contributed by atoms with Gasteiger partial charge in [0.15, 0.2) is 0 Å². The van der Waals surface area contributed by atoms with Gasteiger partial charge < -0.3 is 9.40 Å². The molecular weight excluding hydrogens is 403 g/mol. The molecule has 7 nitrogen and oxygen atoms in total. The van der Waals surface area contributed by atoms with Crippen LogP contribution in [0.2, 0.25) is 5.02 Å². The highest BCUT2D eigenvalue weighted by atomic mass is 35.5. The molecule has 0 radical (unpaired) electrons. The van der Waals surface area contributed by atoms with Crippen LogP contribution in [0.4, 0.5) is 18.9 Å². The predicted molar refractivity (Wildman–Crippen MR) is 94.6 cm³/mol. The topological polar surface area (TPSA) is 102 Å². The largest absolute Gasteiger partial charge is 0.457 e. The Balaban J connectivity index is 1.87. The number of non-ortho nitro benzene ring substituents is 1. The van der Waals surface area contributed by atoms with Crippen LogP contribution in [0.1, 0.15) is 17.1 Å². The fourth-order valence-corrected chi connectivity index (χ4v) is 2.55. The second kappa shape index (κ2) is 7.31. The molecule has 0 saturated carbocycles. The molecule has 11 heteroatoms. The van der Waals surface area contributed by atoms with Crippen molar-refractivity contribution >= 4 is 29.4 Å². The van der Waals surface area contributed by atoms with Crippen molar-refractivity contribution in [3.05, 3.63) is 79.2 Å². The lowest BCUT2D eigenvalue weighted by Crippen LogP contribution is -2.19. The van der Waals surface area contributed by atoms with Crippen molar-refractivity contribution in [2.24, 2.45) is 0 Å². The van der Waals surface area contributed by atoms with Crippen molar-refractivity contribution in [2.75, 3.05) is 0 Å². The zero-order valence-corrected chi connectivity index (χ0v) is 14.4. The summed E-state index contributed by atoms with van der Waals surface area (Å²) in [6.07, 6.45) is -2.20. The van der Waals surface area contributed by atoms with E-state index in [1.54, 1.807) is 11.1 Å². The molecule has 1 aromatic carbocycles. The van der Waals surface area contributed by atoms with Gasteiger partial charge in [-0.3, -0.25) is 10.1 Å². The van der Waals surface area contributed by atoms with Crippen LogP contribution in [0.25, 0.3) is 23.5 Å². The molecule has 0 aliphatic rings. The maximum Gasteiger partial charge on any atom is 0.431 e. The minimum Gasteiger partial charge on any atom is -0.457 e. The Hall–Kier alpha value is -3.40. The van der Waals surface area contributed by atoms with Gasteiger partial charge in [0.05, 0.1) is 15.6 Å². The molecule has 28 heavy (non-hydrogen) atoms. The molecular formula is C17H9ClF3N3O4. The van der Waals surface area contributed by atoms with Crippen molar-refractivity contribution in [3.8, 4) is 11.3 Å². The first-order valence-electron chi connectivity index (χ1n) is 7.54. The summed E-state index contributed by atoms with van der Waals surface area (Å²) in [6.45, 7) is 0. The normalized spacial score (nSPS) is 11.9. The SMILES string of the molecule is O=c1nc(C=Cc2ccc(-c3ccc([N+](=O)[O-])cc3Cl)o2)cc(C(F)(F)F)[nH]1. The number of rotatable bonds is 4. The Morgan fingerprint density at radius 2 is 1.93 bits per heavy atom. The summed E-state index contributed by atoms with van der Waals surface area (Å²) in [4.78, 5) is 26.5. The summed E-state index contributed by atoms with van der Waals surface area (Å²) in [6, 6.07) is 7.60. The number of nitro groups is 1. The van der Waals surface area contributed by atoms with Crippen molar-refractivity contribution in [2.45, 2.75) is 6.18 Å². The summed E-state index contributed by atoms with van der Waals surface area (Å²) in [5, 5.41) is 10.9. The van der Waals surface area contributed by atoms with E-state index < -0.39 is 22.5 Å². The Morgan fingerprint density at radius 1 is 1.18 bits per heavy atom. The lowest BCUT2D eigenvalue weighted by atomic mass is 10.1. The number of aromatic nitrogens is 2. The molecule has 0 amide bonds. The maximum atomic E-state index is 12.7. The number of aromatic amines is 1. The number of halogens is 4. The molecule has 0 aliphatic heterocycles. The van der Waals surface area contributed by atoms with Gasteiger partial charge in [0.2, 0.25) is 0 Å². The minimum atomic E-state index is -4.71. The second-order valence-electron chi connectivity index (χ2n) is 5.48. The van der Waals surface area contributed by atoms with Gasteiger partial charge in [0.1, 0.15) is 17.2 Å². The zero-order chi connectivity index (χ0) is 20.5. The number of hydrogen-bond donors (Lipinski definition) is 1. The van der Waals surface area contributed by atoms with E-state index in [1.807, 2.05) is 0 Å². The van der Waals surface area contributed by atoms with E-state index in [9.17, 15) is 28.1 Å². The summed E-state index contributed by atoms with van der Waals surface area (Å²) in [5.74, 6) is 0.550. The van der Waals surface area contributed by atoms with Gasteiger partial charge in [0, 0.05) is 17.7 Å². The third kappa shape index (κ3) is 4.29. The standard InChI is InChI=1S/C17H9ClF3N3O4/c18-13-8-10(24(26)27)2-5-12(13)14-6-4-11(28-14)3-1-9-7-15(17(19,20)21)23-16(25)22-9/h1-8H,(H,22,23,25). The number of hydrogen-bond acceptors (Lipinski definition) is 5. The molecule has 0 saturated heterocycles. The van der Waals surface area contributed by atoms with Crippen molar-refractivity contribution < 1.29 is 22.5 Å². The van der Waals surface area contributed by atoms with Crippen molar-refractivity contribution in [1.82, 2.24) is 9.97 Å². The van der Waals surface area contributed by atoms with Gasteiger partial charge in [-0.1, -0.05) is 11.6 Å². The average Bonchev–Trinajstić information content (AvgIpc) is 3.07. The molecule has 144 valence electrons. The fraction of sp³-hybridized carbons (Fsp3) is 0.0588. The summed E-state index contributed by atoms with van der Waals surface area (Å²) < 4.78 is 43.7. The highest BCUT2D eigenvalue weighted by molar-refractivity contribution is 6.33. The van der Waals surface area contributed by atoms with Crippen LogP contribution in [0.5, 0.6) is 0 Å². The molecule has 0 atom stereocenters. The van der Waals surface area contributed by atoms with Crippen LogP contribution in [0.15, 0.2) is 45.6 Å². The van der Waals surface area contributed by atoms with E-state index in [1.165, 1.54) is 36.4 Å². The van der Waals surface area contributed by atoms with Crippen molar-refractivity contribution in [1.29, 1.82) is 0 Å². The van der Waals surface area contributed by atoms with Crippen molar-refractivity contribution in [3.63, 3.8) is 0 Å². The monoisotopic (exact) mass is 411 g/mol. The quantitative estimate of drug-likeness (QED) is 0.491. The van der Waals surface area contributed by atoms with Gasteiger partial charge in [0.25, 0.3) is 5.69 Å². The number of furan rings is 1. The molecule has 3 rings (SSSR count). The van der Waals surface area contributed by atoms with E-state index in [0.29, 0.717) is 17.4 Å². The Labute approximate surface area is 159 Å². The van der Waals surface area contributed by atoms with E-state index >= 15 is 0 Å². The van der Waals surface area contributed by atoms with Gasteiger partial charge in [-0.15, -0.1) is 0 Å². The summed E-state index contributed by atoms with van der Waals surface area (Å²) >= 11 is 6.03. The summed E-state index contributed by atoms with van der Waals surface area (Å²) in [5.41, 5.74) is -2.33. The Morgan fingerprint density at radius 3 is 2.57 bits per heavy atom. The number of alkyl halides is 3. The van der Waals surface area contributed by atoms with E-state index in [-0.39, 0.29) is 22.2 Å². The first kappa shape index (κ1) is 19.4. The third-order valence-electron chi connectivity index (χ3n) is 3.54. The van der Waals surface area contributed by atoms with Crippen LogP contribution in [-0.2, 0) is 6.18 Å². The molecule has 0 fully saturated rings. The highest BCUT2D eigenvalue weighted by Gasteiger charge is 2.32. The highest BCUT2D eigenvalue weighted by Crippen LogP contribution is 2.32. The number of nitrogens with zero attached hydrogens (tertiary/aromatic N) is 2. The third-order valence-corrected chi connectivity index (χ3v) is 3.86. The smallest absolute Gasteiger partial charge is 0.431 e. The molecule has 2 aromatic heterocycles. The van der Waals surface area contributed by atoms with Gasteiger partial charge >= 0.3 is 11.9 Å². The fourth-order valence-electron chi connectivity index (χ4n) is 2.29. The number of nitrogens with one attached hydrogen (secondary N) is 1. The van der Waals surface area contributed by atoms with Gasteiger partial charge in [-0.2, -0.15) is 18.2 Å². The number of nitro benzene ring substituents is 1. The van der Waals surface area contributed by atoms with E-state index in [0.717, 1.165) is 0 Å². The maximum absolute atomic E-state index is 12.7. The minimum absolute atomic E-state index is 0.102. The van der Waals surface area contributed by atoms with Crippen LogP contribution < -0.4 is 5.69 Å². The predicted octanol–water partition coefficient (Wildman–Crippen LogP) is 4.78. The lowest BCUT2D eigenvalue weighted by molar-refractivity contribution is -0.384. The molecule has 1 N–H and O–H groups in total. The number of H-pyrrole nitrogens is 1. The molecule has 0 aliphatic carbocycles. The first-order chi connectivity index (χ1) is 13.1. The summed E-state index contributed by atoms with van der Waals surface area (Å²) in [7, 11) is 0. The van der Waals surface area contributed by atoms with Crippen LogP contribution >= 0.6 is 11.6 Å². The van der Waals surface area contributed by atoms with Crippen LogP contribution in [-0.4, -0.2) is 14.9 Å². The Kier molecular flexibility index (Phi) is 5.06. The Bertz CT molecular complexity index is 1140.